The minimum atomic E-state index is 0.0110. The molecule has 4 nitrogen and oxygen atoms in total. The maximum absolute atomic E-state index is 11.5. The molecule has 0 aliphatic rings. The summed E-state index contributed by atoms with van der Waals surface area (Å²) in [7, 11) is 4.20. The van der Waals surface area contributed by atoms with E-state index in [0.29, 0.717) is 11.1 Å². The average Bonchev–Trinajstić information content (AvgIpc) is 3.03. The van der Waals surface area contributed by atoms with Gasteiger partial charge in [0.25, 0.3) is 0 Å². The number of Topliss-reactive ketones (excluding diaryl/α,β-unsaturated/α-hetero) is 2. The van der Waals surface area contributed by atoms with Gasteiger partial charge in [-0.15, -0.1) is 0 Å². The Balaban J connectivity index is 3.20. The van der Waals surface area contributed by atoms with Gasteiger partial charge in [0.15, 0.2) is 11.6 Å². The number of rotatable bonds is 37. The van der Waals surface area contributed by atoms with Crippen molar-refractivity contribution in [3.05, 3.63) is 22.7 Å². The van der Waals surface area contributed by atoms with Crippen molar-refractivity contribution in [2.24, 2.45) is 0 Å². The first-order valence-electron chi connectivity index (χ1n) is 20.3. The van der Waals surface area contributed by atoms with E-state index in [1.54, 1.807) is 27.7 Å². The van der Waals surface area contributed by atoms with Crippen LogP contribution in [0.4, 0.5) is 0 Å². The second-order valence-corrected chi connectivity index (χ2v) is 17.0. The third-order valence-corrected chi connectivity index (χ3v) is 12.2. The van der Waals surface area contributed by atoms with Crippen LogP contribution in [0, 0.1) is 0 Å². The van der Waals surface area contributed by atoms with Crippen molar-refractivity contribution in [3.8, 4) is 0 Å². The van der Waals surface area contributed by atoms with Gasteiger partial charge in [-0.05, 0) is 66.2 Å². The maximum atomic E-state index is 11.5. The lowest BCUT2D eigenvalue weighted by atomic mass is 10.0. The van der Waals surface area contributed by atoms with Gasteiger partial charge in [0.05, 0.1) is 11.5 Å². The number of carbonyl (C=O) groups excluding carboxylic acids is 2. The van der Waals surface area contributed by atoms with E-state index in [4.69, 9.17) is 0 Å². The number of carbonyl (C=O) groups is 2. The van der Waals surface area contributed by atoms with E-state index in [9.17, 15) is 19.8 Å². The van der Waals surface area contributed by atoms with E-state index in [0.717, 1.165) is 38.5 Å². The molecule has 0 aliphatic carbocycles. The summed E-state index contributed by atoms with van der Waals surface area (Å²) in [5.41, 5.74) is 1.22. The van der Waals surface area contributed by atoms with Crippen molar-refractivity contribution < 1.29 is 19.8 Å². The van der Waals surface area contributed by atoms with Crippen LogP contribution in [0.1, 0.15) is 220 Å². The highest BCUT2D eigenvalue weighted by Crippen LogP contribution is 2.25. The predicted octanol–water partition coefficient (Wildman–Crippen LogP) is 14.9. The number of ketones is 2. The van der Waals surface area contributed by atoms with Gasteiger partial charge in [-0.3, -0.25) is 9.59 Å². The molecule has 0 unspecified atom stereocenters. The van der Waals surface area contributed by atoms with Crippen molar-refractivity contribution >= 4 is 33.2 Å². The monoisotopic (exact) mass is 711 g/mol. The van der Waals surface area contributed by atoms with E-state index in [2.05, 4.69) is 21.6 Å². The first-order valence-corrected chi connectivity index (χ1v) is 22.8. The molecule has 0 saturated carbocycles. The molecule has 0 spiro atoms. The van der Waals surface area contributed by atoms with Crippen LogP contribution in [-0.2, 0) is 9.59 Å². The van der Waals surface area contributed by atoms with E-state index in [-0.39, 0.29) is 23.1 Å². The molecule has 0 aromatic carbocycles. The third kappa shape index (κ3) is 32.3. The van der Waals surface area contributed by atoms with Crippen molar-refractivity contribution in [3.63, 3.8) is 0 Å². The lowest BCUT2D eigenvalue weighted by molar-refractivity contribution is -0.114. The van der Waals surface area contributed by atoms with Gasteiger partial charge in [-0.2, -0.15) is 0 Å². The first-order chi connectivity index (χ1) is 23.3. The minimum absolute atomic E-state index is 0.0110. The summed E-state index contributed by atoms with van der Waals surface area (Å²) in [5.74, 6) is 3.07. The zero-order chi connectivity index (χ0) is 35.5. The molecule has 0 bridgehead atoms. The summed E-state index contributed by atoms with van der Waals surface area (Å²) in [5, 5.41) is 19.1. The lowest BCUT2D eigenvalue weighted by Gasteiger charge is -2.06. The van der Waals surface area contributed by atoms with Gasteiger partial charge in [-0.25, -0.2) is 0 Å². The van der Waals surface area contributed by atoms with E-state index < -0.39 is 0 Å². The molecule has 0 rings (SSSR count). The van der Waals surface area contributed by atoms with Gasteiger partial charge < -0.3 is 10.2 Å². The molecule has 0 aliphatic heterocycles. The van der Waals surface area contributed by atoms with Gasteiger partial charge in [-0.1, -0.05) is 176 Å². The molecule has 0 heterocycles. The van der Waals surface area contributed by atoms with Crippen LogP contribution in [0.2, 0.25) is 0 Å². The Morgan fingerprint density at radius 3 is 0.708 bits per heavy atom. The van der Waals surface area contributed by atoms with Gasteiger partial charge in [0, 0.05) is 22.7 Å². The van der Waals surface area contributed by atoms with E-state index in [1.807, 2.05) is 0 Å². The summed E-state index contributed by atoms with van der Waals surface area (Å²) in [6.45, 7) is 6.33. The molecule has 0 radical (unpaired) electrons. The summed E-state index contributed by atoms with van der Waals surface area (Å²) >= 11 is 0. The molecule has 0 saturated heterocycles. The molecule has 0 atom stereocenters. The van der Waals surface area contributed by atoms with Gasteiger partial charge >= 0.3 is 0 Å². The van der Waals surface area contributed by atoms with Crippen LogP contribution in [0.15, 0.2) is 22.7 Å². The summed E-state index contributed by atoms with van der Waals surface area (Å²) in [4.78, 5) is 23.0. The second-order valence-electron chi connectivity index (χ2n) is 14.3. The fraction of sp³-hybridized carbons (Fsp3) is 0.857. The highest BCUT2D eigenvalue weighted by Gasteiger charge is 2.08. The number of aliphatic hydroxyl groups is 2. The molecular formula is C42H78O4S2. The summed E-state index contributed by atoms with van der Waals surface area (Å²) < 4.78 is 0. The number of hydrogen-bond acceptors (Lipinski definition) is 6. The number of allylic oxidation sites excluding steroid dienone is 4. The van der Waals surface area contributed by atoms with Crippen LogP contribution in [0.25, 0.3) is 0 Å². The fourth-order valence-electron chi connectivity index (χ4n) is 6.51. The van der Waals surface area contributed by atoms with Crippen LogP contribution in [-0.4, -0.2) is 33.3 Å². The normalized spacial score (nSPS) is 12.7. The molecule has 48 heavy (non-hydrogen) atoms. The Kier molecular flexibility index (Phi) is 35.3. The topological polar surface area (TPSA) is 74.6 Å². The average molecular weight is 711 g/mol. The Bertz CT molecular complexity index is 759. The highest BCUT2D eigenvalue weighted by molar-refractivity contribution is 8.76. The maximum Gasteiger partial charge on any atom is 0.159 e. The predicted molar refractivity (Wildman–Crippen MR) is 215 cm³/mol. The third-order valence-electron chi connectivity index (χ3n) is 9.62. The first kappa shape index (κ1) is 47.1. The van der Waals surface area contributed by atoms with Crippen molar-refractivity contribution in [2.45, 2.75) is 220 Å². The Hall–Kier alpha value is -0.880. The van der Waals surface area contributed by atoms with Crippen molar-refractivity contribution in [1.82, 2.24) is 0 Å². The Labute approximate surface area is 306 Å². The van der Waals surface area contributed by atoms with Crippen molar-refractivity contribution in [1.29, 1.82) is 0 Å². The molecule has 0 amide bonds. The van der Waals surface area contributed by atoms with Crippen LogP contribution >= 0.6 is 21.6 Å². The van der Waals surface area contributed by atoms with Crippen LogP contribution in [0.5, 0.6) is 0 Å². The van der Waals surface area contributed by atoms with Gasteiger partial charge in [0.2, 0.25) is 0 Å². The molecule has 0 fully saturated rings. The standard InChI is InChI=1S/C42H78O4S2/c1-37(43)41(38(2)44)33-29-25-21-17-13-9-5-7-11-15-19-23-27-31-35-47-48-36-32-28-24-20-16-12-8-6-10-14-18-22-26-30-34-42(39(3)45)40(4)46/h43,45H,5-36H2,1-4H3/b41-37+,42-39+. The Morgan fingerprint density at radius 1 is 0.333 bits per heavy atom. The number of hydrogen-bond donors (Lipinski definition) is 2. The Morgan fingerprint density at radius 2 is 0.521 bits per heavy atom. The zero-order valence-electron chi connectivity index (χ0n) is 32.2. The highest BCUT2D eigenvalue weighted by atomic mass is 33.1. The summed E-state index contributed by atoms with van der Waals surface area (Å²) in [6, 6.07) is 0. The minimum Gasteiger partial charge on any atom is -0.512 e. The van der Waals surface area contributed by atoms with Crippen LogP contribution in [0.3, 0.4) is 0 Å². The molecular weight excluding hydrogens is 633 g/mol. The molecule has 282 valence electrons. The molecule has 0 aromatic heterocycles. The summed E-state index contributed by atoms with van der Waals surface area (Å²) in [6.07, 6.45) is 38.7. The van der Waals surface area contributed by atoms with Crippen molar-refractivity contribution in [2.75, 3.05) is 11.5 Å². The number of unbranched alkanes of at least 4 members (excludes halogenated alkanes) is 26. The van der Waals surface area contributed by atoms with E-state index in [1.165, 1.54) is 166 Å². The lowest BCUT2D eigenvalue weighted by Crippen LogP contribution is -2.00. The second kappa shape index (κ2) is 35.9. The molecule has 6 heteroatoms. The van der Waals surface area contributed by atoms with E-state index >= 15 is 0 Å². The number of aliphatic hydroxyl groups excluding tert-OH is 2. The molecule has 0 aromatic rings. The fourth-order valence-corrected chi connectivity index (χ4v) is 8.80. The van der Waals surface area contributed by atoms with Crippen LogP contribution < -0.4 is 0 Å². The SMILES string of the molecule is CC(=O)/C(CCCCCCCCCCCCCCCCSSCCCCCCCCCCCCCCCC/C(C(C)=O)=C(/C)O)=C(\C)O. The molecule has 2 N–H and O–H groups in total. The zero-order valence-corrected chi connectivity index (χ0v) is 33.8. The van der Waals surface area contributed by atoms with Gasteiger partial charge in [0.1, 0.15) is 0 Å². The smallest absolute Gasteiger partial charge is 0.159 e. The quantitative estimate of drug-likeness (QED) is 0.0289. The largest absolute Gasteiger partial charge is 0.512 e.